The second kappa shape index (κ2) is 9.86. The first-order valence-electron chi connectivity index (χ1n) is 9.85. The normalized spacial score (nSPS) is 15.0. The van der Waals surface area contributed by atoms with Crippen LogP contribution in [0.25, 0.3) is 6.08 Å². The lowest BCUT2D eigenvalue weighted by Gasteiger charge is -2.12. The number of imide groups is 1. The van der Waals surface area contributed by atoms with Crippen molar-refractivity contribution in [2.75, 3.05) is 6.54 Å². The lowest BCUT2D eigenvalue weighted by Crippen LogP contribution is -2.30. The number of hydrogen-bond donors (Lipinski definition) is 0. The minimum Gasteiger partial charge on any atom is -0.489 e. The summed E-state index contributed by atoms with van der Waals surface area (Å²) in [7, 11) is 0. The van der Waals surface area contributed by atoms with E-state index in [9.17, 15) is 9.59 Å². The van der Waals surface area contributed by atoms with E-state index in [1.807, 2.05) is 78.9 Å². The smallest absolute Gasteiger partial charge is 0.293 e. The Morgan fingerprint density at radius 1 is 0.903 bits per heavy atom. The highest BCUT2D eigenvalue weighted by atomic mass is 35.5. The van der Waals surface area contributed by atoms with Gasteiger partial charge in [-0.05, 0) is 65.2 Å². The van der Waals surface area contributed by atoms with Crippen molar-refractivity contribution in [2.45, 2.75) is 13.0 Å². The average molecular weight is 450 g/mol. The molecule has 31 heavy (non-hydrogen) atoms. The van der Waals surface area contributed by atoms with Crippen LogP contribution in [0, 0.1) is 0 Å². The maximum atomic E-state index is 12.7. The largest absolute Gasteiger partial charge is 0.489 e. The van der Waals surface area contributed by atoms with E-state index in [0.717, 1.165) is 28.5 Å². The van der Waals surface area contributed by atoms with E-state index in [4.69, 9.17) is 16.3 Å². The van der Waals surface area contributed by atoms with Gasteiger partial charge in [0.25, 0.3) is 11.1 Å². The second-order valence-electron chi connectivity index (χ2n) is 7.06. The van der Waals surface area contributed by atoms with Crippen molar-refractivity contribution in [2.24, 2.45) is 0 Å². The molecule has 0 unspecified atom stereocenters. The third-order valence-electron chi connectivity index (χ3n) is 4.82. The molecule has 0 aliphatic carbocycles. The molecule has 3 aromatic rings. The minimum atomic E-state index is -0.251. The number of amides is 2. The van der Waals surface area contributed by atoms with Crippen LogP contribution in [-0.2, 0) is 17.8 Å². The number of carbonyl (C=O) groups excluding carboxylic acids is 2. The zero-order valence-corrected chi connectivity index (χ0v) is 18.2. The summed E-state index contributed by atoms with van der Waals surface area (Å²) in [6, 6.07) is 24.8. The molecule has 1 heterocycles. The van der Waals surface area contributed by atoms with Crippen LogP contribution in [0.5, 0.6) is 5.75 Å². The highest BCUT2D eigenvalue weighted by Gasteiger charge is 2.34. The van der Waals surface area contributed by atoms with Gasteiger partial charge < -0.3 is 4.74 Å². The van der Waals surface area contributed by atoms with Crippen LogP contribution in [0.15, 0.2) is 83.8 Å². The predicted molar refractivity (Wildman–Crippen MR) is 125 cm³/mol. The standard InChI is InChI=1S/C25H20ClNO3S/c26-21-11-9-19(10-12-21)17-30-22-8-4-7-20(15-22)16-23-24(28)27(25(29)31-23)14-13-18-5-2-1-3-6-18/h1-12,15-16H,13-14,17H2/b23-16+. The Bertz CT molecular complexity index is 1110. The first-order valence-corrected chi connectivity index (χ1v) is 11.0. The summed E-state index contributed by atoms with van der Waals surface area (Å²) >= 11 is 6.88. The van der Waals surface area contributed by atoms with E-state index >= 15 is 0 Å². The molecule has 1 fully saturated rings. The molecule has 1 saturated heterocycles. The molecule has 1 aliphatic rings. The molecule has 0 saturated carbocycles. The van der Waals surface area contributed by atoms with Crippen LogP contribution < -0.4 is 4.74 Å². The molecule has 2 amide bonds. The van der Waals surface area contributed by atoms with Crippen molar-refractivity contribution in [3.8, 4) is 5.75 Å². The van der Waals surface area contributed by atoms with Gasteiger partial charge in [-0.2, -0.15) is 0 Å². The first-order chi connectivity index (χ1) is 15.1. The monoisotopic (exact) mass is 449 g/mol. The summed E-state index contributed by atoms with van der Waals surface area (Å²) in [6.45, 7) is 0.785. The summed E-state index contributed by atoms with van der Waals surface area (Å²) in [5.74, 6) is 0.436. The van der Waals surface area contributed by atoms with Crippen molar-refractivity contribution >= 4 is 40.6 Å². The number of hydrogen-bond acceptors (Lipinski definition) is 4. The predicted octanol–water partition coefficient (Wildman–Crippen LogP) is 6.20. The molecule has 4 rings (SSSR count). The SMILES string of the molecule is O=C1S/C(=C/c2cccc(OCc3ccc(Cl)cc3)c2)C(=O)N1CCc1ccccc1. The number of ether oxygens (including phenoxy) is 1. The molecule has 0 N–H and O–H groups in total. The van der Waals surface area contributed by atoms with E-state index in [2.05, 4.69) is 0 Å². The molecule has 0 bridgehead atoms. The molecular weight excluding hydrogens is 430 g/mol. The maximum Gasteiger partial charge on any atom is 0.293 e. The Labute approximate surface area is 190 Å². The van der Waals surface area contributed by atoms with Gasteiger partial charge in [0, 0.05) is 11.6 Å². The highest BCUT2D eigenvalue weighted by molar-refractivity contribution is 8.18. The van der Waals surface area contributed by atoms with Crippen LogP contribution >= 0.6 is 23.4 Å². The van der Waals surface area contributed by atoms with Crippen LogP contribution in [0.2, 0.25) is 5.02 Å². The van der Waals surface area contributed by atoms with Gasteiger partial charge in [-0.15, -0.1) is 0 Å². The van der Waals surface area contributed by atoms with Gasteiger partial charge in [0.2, 0.25) is 0 Å². The molecule has 4 nitrogen and oxygen atoms in total. The van der Waals surface area contributed by atoms with Gasteiger partial charge in [0.1, 0.15) is 12.4 Å². The molecule has 0 atom stereocenters. The number of nitrogens with zero attached hydrogens (tertiary/aromatic N) is 1. The van der Waals surface area contributed by atoms with E-state index in [1.165, 1.54) is 4.90 Å². The summed E-state index contributed by atoms with van der Waals surface area (Å²) in [4.78, 5) is 26.8. The maximum absolute atomic E-state index is 12.7. The number of carbonyl (C=O) groups is 2. The molecule has 6 heteroatoms. The van der Waals surface area contributed by atoms with E-state index in [-0.39, 0.29) is 11.1 Å². The molecule has 0 radical (unpaired) electrons. The summed E-state index contributed by atoms with van der Waals surface area (Å²) < 4.78 is 5.85. The van der Waals surface area contributed by atoms with Gasteiger partial charge in [-0.25, -0.2) is 0 Å². The topological polar surface area (TPSA) is 46.6 Å². The third kappa shape index (κ3) is 5.57. The minimum absolute atomic E-state index is 0.234. The van der Waals surface area contributed by atoms with Crippen LogP contribution in [0.4, 0.5) is 4.79 Å². The van der Waals surface area contributed by atoms with Crippen molar-refractivity contribution < 1.29 is 14.3 Å². The molecule has 3 aromatic carbocycles. The Morgan fingerprint density at radius 2 is 1.68 bits per heavy atom. The van der Waals surface area contributed by atoms with Gasteiger partial charge in [-0.3, -0.25) is 14.5 Å². The van der Waals surface area contributed by atoms with Crippen molar-refractivity contribution in [1.82, 2.24) is 4.90 Å². The van der Waals surface area contributed by atoms with E-state index < -0.39 is 0 Å². The highest BCUT2D eigenvalue weighted by Crippen LogP contribution is 2.32. The van der Waals surface area contributed by atoms with Gasteiger partial charge in [0.15, 0.2) is 0 Å². The number of benzene rings is 3. The molecule has 0 spiro atoms. The Balaban J connectivity index is 1.41. The summed E-state index contributed by atoms with van der Waals surface area (Å²) in [6.07, 6.45) is 2.38. The van der Waals surface area contributed by atoms with Crippen LogP contribution in [0.3, 0.4) is 0 Å². The van der Waals surface area contributed by atoms with Crippen molar-refractivity contribution in [3.05, 3.63) is 105 Å². The number of thioether (sulfide) groups is 1. The fourth-order valence-corrected chi connectivity index (χ4v) is 4.16. The average Bonchev–Trinajstić information content (AvgIpc) is 3.05. The Morgan fingerprint density at radius 3 is 2.45 bits per heavy atom. The fraction of sp³-hybridized carbons (Fsp3) is 0.120. The van der Waals surface area contributed by atoms with E-state index in [1.54, 1.807) is 6.08 Å². The lowest BCUT2D eigenvalue weighted by molar-refractivity contribution is -0.122. The van der Waals surface area contributed by atoms with Gasteiger partial charge in [-0.1, -0.05) is 66.2 Å². The molecule has 0 aromatic heterocycles. The Kier molecular flexibility index (Phi) is 6.75. The zero-order chi connectivity index (χ0) is 21.6. The third-order valence-corrected chi connectivity index (χ3v) is 5.97. The quantitative estimate of drug-likeness (QED) is 0.403. The molecular formula is C25H20ClNO3S. The number of halogens is 1. The molecule has 1 aliphatic heterocycles. The second-order valence-corrected chi connectivity index (χ2v) is 8.49. The first kappa shape index (κ1) is 21.2. The lowest BCUT2D eigenvalue weighted by atomic mass is 10.1. The van der Waals surface area contributed by atoms with Gasteiger partial charge in [0.05, 0.1) is 4.91 Å². The Hall–Kier alpha value is -3.02. The van der Waals surface area contributed by atoms with Crippen LogP contribution in [-0.4, -0.2) is 22.6 Å². The summed E-state index contributed by atoms with van der Waals surface area (Å²) in [5, 5.41) is 0.450. The van der Waals surface area contributed by atoms with Crippen LogP contribution in [0.1, 0.15) is 16.7 Å². The van der Waals surface area contributed by atoms with Crippen molar-refractivity contribution in [1.29, 1.82) is 0 Å². The van der Waals surface area contributed by atoms with Gasteiger partial charge >= 0.3 is 0 Å². The summed E-state index contributed by atoms with van der Waals surface area (Å²) in [5.41, 5.74) is 2.91. The fourth-order valence-electron chi connectivity index (χ4n) is 3.17. The molecule has 156 valence electrons. The number of rotatable bonds is 7. The zero-order valence-electron chi connectivity index (χ0n) is 16.7. The van der Waals surface area contributed by atoms with E-state index in [0.29, 0.717) is 35.2 Å². The van der Waals surface area contributed by atoms with Crippen molar-refractivity contribution in [3.63, 3.8) is 0 Å².